The molecule has 0 fully saturated rings. The maximum Gasteiger partial charge on any atom is 0.334 e. The number of aliphatic hydroxyl groups excluding tert-OH is 1. The van der Waals surface area contributed by atoms with Gasteiger partial charge in [0.2, 0.25) is 0 Å². The van der Waals surface area contributed by atoms with E-state index in [1.165, 1.54) is 44.6 Å². The summed E-state index contributed by atoms with van der Waals surface area (Å²) in [7, 11) is 0. The quantitative estimate of drug-likeness (QED) is 0.517. The first-order valence-corrected chi connectivity index (χ1v) is 6.82. The Hall–Kier alpha value is -0.990. The molecular weight excluding hydrogens is 216 g/mol. The van der Waals surface area contributed by atoms with E-state index in [0.717, 1.165) is 12.8 Å². The normalized spacial score (nSPS) is 19.9. The van der Waals surface area contributed by atoms with Crippen molar-refractivity contribution >= 4 is 5.97 Å². The molecule has 0 bridgehead atoms. The van der Waals surface area contributed by atoms with Crippen LogP contribution >= 0.6 is 0 Å². The summed E-state index contributed by atoms with van der Waals surface area (Å²) in [6, 6.07) is 0. The monoisotopic (exact) mass is 240 g/mol. The third kappa shape index (κ3) is 6.35. The van der Waals surface area contributed by atoms with E-state index in [9.17, 15) is 9.90 Å². The standard InChI is InChI=1S/C14H24O3/c1-2-3-4-5-6-7-8-9-13-10-12(15)11-14(16)17-13/h11,13,15H,2-10H2,1H3. The number of carbonyl (C=O) groups excluding carboxylic acids is 1. The molecule has 0 aliphatic carbocycles. The first-order valence-electron chi connectivity index (χ1n) is 6.82. The molecule has 17 heavy (non-hydrogen) atoms. The van der Waals surface area contributed by atoms with Gasteiger partial charge in [-0.1, -0.05) is 45.4 Å². The summed E-state index contributed by atoms with van der Waals surface area (Å²) in [5, 5.41) is 9.31. The van der Waals surface area contributed by atoms with E-state index >= 15 is 0 Å². The Kier molecular flexibility index (Phi) is 6.75. The third-order valence-electron chi connectivity index (χ3n) is 3.13. The van der Waals surface area contributed by atoms with Gasteiger partial charge in [0.15, 0.2) is 0 Å². The molecule has 1 unspecified atom stereocenters. The maximum absolute atomic E-state index is 11.0. The summed E-state index contributed by atoms with van der Waals surface area (Å²) in [5.41, 5.74) is 0. The summed E-state index contributed by atoms with van der Waals surface area (Å²) < 4.78 is 5.13. The molecule has 1 aliphatic heterocycles. The summed E-state index contributed by atoms with van der Waals surface area (Å²) in [5.74, 6) is -0.240. The number of unbranched alkanes of at least 4 members (excludes halogenated alkanes) is 6. The molecule has 0 aromatic carbocycles. The Morgan fingerprint density at radius 3 is 2.53 bits per heavy atom. The molecule has 0 aromatic heterocycles. The SMILES string of the molecule is CCCCCCCCCC1CC(O)=CC(=O)O1. The number of hydrogen-bond donors (Lipinski definition) is 1. The Balaban J connectivity index is 2.00. The fourth-order valence-corrected chi connectivity index (χ4v) is 2.16. The number of esters is 1. The van der Waals surface area contributed by atoms with Crippen molar-refractivity contribution in [3.63, 3.8) is 0 Å². The lowest BCUT2D eigenvalue weighted by atomic mass is 10.0. The Labute approximate surface area is 104 Å². The second-order valence-electron chi connectivity index (χ2n) is 4.81. The molecule has 3 nitrogen and oxygen atoms in total. The zero-order valence-corrected chi connectivity index (χ0v) is 10.8. The molecule has 1 atom stereocenters. The first-order chi connectivity index (χ1) is 8.22. The number of aliphatic hydroxyl groups is 1. The number of rotatable bonds is 8. The topological polar surface area (TPSA) is 46.5 Å². The fourth-order valence-electron chi connectivity index (χ4n) is 2.16. The molecule has 0 radical (unpaired) electrons. The fraction of sp³-hybridized carbons (Fsp3) is 0.786. The molecule has 0 aromatic rings. The van der Waals surface area contributed by atoms with Gasteiger partial charge in [-0.15, -0.1) is 0 Å². The van der Waals surface area contributed by atoms with E-state index in [4.69, 9.17) is 4.74 Å². The van der Waals surface area contributed by atoms with Gasteiger partial charge in [-0.25, -0.2) is 4.79 Å². The van der Waals surface area contributed by atoms with Crippen molar-refractivity contribution in [3.05, 3.63) is 11.8 Å². The van der Waals surface area contributed by atoms with Gasteiger partial charge >= 0.3 is 5.97 Å². The highest BCUT2D eigenvalue weighted by atomic mass is 16.5. The van der Waals surface area contributed by atoms with E-state index in [-0.39, 0.29) is 11.9 Å². The minimum Gasteiger partial charge on any atom is -0.512 e. The van der Waals surface area contributed by atoms with Gasteiger partial charge in [0.1, 0.15) is 11.9 Å². The summed E-state index contributed by atoms with van der Waals surface area (Å²) >= 11 is 0. The predicted molar refractivity (Wildman–Crippen MR) is 67.8 cm³/mol. The van der Waals surface area contributed by atoms with Crippen LogP contribution in [0.15, 0.2) is 11.8 Å². The van der Waals surface area contributed by atoms with Crippen molar-refractivity contribution in [2.45, 2.75) is 70.8 Å². The van der Waals surface area contributed by atoms with Gasteiger partial charge in [0.05, 0.1) is 6.08 Å². The molecule has 1 aliphatic rings. The largest absolute Gasteiger partial charge is 0.512 e. The van der Waals surface area contributed by atoms with E-state index in [2.05, 4.69) is 6.92 Å². The number of cyclic esters (lactones) is 1. The highest BCUT2D eigenvalue weighted by Gasteiger charge is 2.20. The van der Waals surface area contributed by atoms with Gasteiger partial charge < -0.3 is 9.84 Å². The first kappa shape index (κ1) is 14.1. The Morgan fingerprint density at radius 2 is 1.88 bits per heavy atom. The second kappa shape index (κ2) is 8.15. The van der Waals surface area contributed by atoms with E-state index < -0.39 is 5.97 Å². The van der Waals surface area contributed by atoms with Gasteiger partial charge in [-0.3, -0.25) is 0 Å². The summed E-state index contributed by atoms with van der Waals surface area (Å²) in [6.07, 6.45) is 11.2. The van der Waals surface area contributed by atoms with Gasteiger partial charge in [0.25, 0.3) is 0 Å². The van der Waals surface area contributed by atoms with Crippen LogP contribution in [-0.2, 0) is 9.53 Å². The predicted octanol–water partition coefficient (Wildman–Crippen LogP) is 3.88. The second-order valence-corrected chi connectivity index (χ2v) is 4.81. The van der Waals surface area contributed by atoms with E-state index in [0.29, 0.717) is 6.42 Å². The molecule has 0 saturated heterocycles. The number of hydrogen-bond acceptors (Lipinski definition) is 3. The molecule has 3 heteroatoms. The molecular formula is C14H24O3. The van der Waals surface area contributed by atoms with E-state index in [1.54, 1.807) is 0 Å². The Bertz CT molecular complexity index is 258. The van der Waals surface area contributed by atoms with Crippen LogP contribution in [0, 0.1) is 0 Å². The minimum absolute atomic E-state index is 0.108. The van der Waals surface area contributed by atoms with Crippen LogP contribution in [0.2, 0.25) is 0 Å². The van der Waals surface area contributed by atoms with E-state index in [1.807, 2.05) is 0 Å². The smallest absolute Gasteiger partial charge is 0.334 e. The zero-order valence-electron chi connectivity index (χ0n) is 10.8. The average Bonchev–Trinajstić information content (AvgIpc) is 2.26. The highest BCUT2D eigenvalue weighted by Crippen LogP contribution is 2.19. The minimum atomic E-state index is -0.401. The number of ether oxygens (including phenoxy) is 1. The molecule has 0 saturated carbocycles. The highest BCUT2D eigenvalue weighted by molar-refractivity contribution is 5.83. The van der Waals surface area contributed by atoms with Crippen LogP contribution in [0.1, 0.15) is 64.7 Å². The van der Waals surface area contributed by atoms with Crippen LogP contribution in [0.4, 0.5) is 0 Å². The lowest BCUT2D eigenvalue weighted by molar-refractivity contribution is -0.145. The third-order valence-corrected chi connectivity index (χ3v) is 3.13. The zero-order chi connectivity index (χ0) is 12.5. The van der Waals surface area contributed by atoms with Crippen LogP contribution in [-0.4, -0.2) is 17.2 Å². The van der Waals surface area contributed by atoms with Crippen molar-refractivity contribution < 1.29 is 14.6 Å². The van der Waals surface area contributed by atoms with Crippen molar-refractivity contribution in [2.24, 2.45) is 0 Å². The average molecular weight is 240 g/mol. The van der Waals surface area contributed by atoms with Gasteiger partial charge in [-0.2, -0.15) is 0 Å². The summed E-state index contributed by atoms with van der Waals surface area (Å²) in [4.78, 5) is 11.0. The van der Waals surface area contributed by atoms with Gasteiger partial charge in [-0.05, 0) is 12.8 Å². The molecule has 0 amide bonds. The van der Waals surface area contributed by atoms with Crippen LogP contribution in [0.25, 0.3) is 0 Å². The van der Waals surface area contributed by atoms with Crippen molar-refractivity contribution in [1.82, 2.24) is 0 Å². The van der Waals surface area contributed by atoms with Crippen LogP contribution in [0.5, 0.6) is 0 Å². The lowest BCUT2D eigenvalue weighted by Gasteiger charge is -2.20. The van der Waals surface area contributed by atoms with Crippen molar-refractivity contribution in [2.75, 3.05) is 0 Å². The molecule has 0 spiro atoms. The molecule has 1 heterocycles. The molecule has 1 rings (SSSR count). The maximum atomic E-state index is 11.0. The van der Waals surface area contributed by atoms with Crippen LogP contribution < -0.4 is 0 Å². The van der Waals surface area contributed by atoms with Crippen LogP contribution in [0.3, 0.4) is 0 Å². The lowest BCUT2D eigenvalue weighted by Crippen LogP contribution is -2.22. The Morgan fingerprint density at radius 1 is 1.24 bits per heavy atom. The number of carbonyl (C=O) groups is 1. The van der Waals surface area contributed by atoms with Crippen molar-refractivity contribution in [3.8, 4) is 0 Å². The van der Waals surface area contributed by atoms with Crippen molar-refractivity contribution in [1.29, 1.82) is 0 Å². The molecule has 98 valence electrons. The van der Waals surface area contributed by atoms with Gasteiger partial charge in [0, 0.05) is 6.42 Å². The summed E-state index contributed by atoms with van der Waals surface area (Å²) in [6.45, 7) is 2.22. The molecule has 1 N–H and O–H groups in total.